The largest absolute Gasteiger partial charge is 0.290 e. The zero-order valence-corrected chi connectivity index (χ0v) is 10.0. The molecule has 6 heteroatoms. The number of nitrogens with zero attached hydrogens (tertiary/aromatic N) is 1. The van der Waals surface area contributed by atoms with Gasteiger partial charge in [-0.15, -0.1) is 0 Å². The van der Waals surface area contributed by atoms with Crippen molar-refractivity contribution in [2.24, 2.45) is 5.84 Å². The topological polar surface area (TPSA) is 85.1 Å². The monoisotopic (exact) mass is 249 g/mol. The molecule has 1 rings (SSSR count). The minimum Gasteiger partial charge on any atom is -0.290 e. The Balaban J connectivity index is 2.71. The summed E-state index contributed by atoms with van der Waals surface area (Å²) in [5.41, 5.74) is 2.97. The molecule has 1 amide bonds. The maximum atomic E-state index is 11.2. The molecule has 1 aromatic rings. The van der Waals surface area contributed by atoms with Crippen LogP contribution in [0.15, 0.2) is 18.5 Å². The van der Waals surface area contributed by atoms with Gasteiger partial charge in [0.1, 0.15) is 0 Å². The molecule has 3 N–H and O–H groups in total. The summed E-state index contributed by atoms with van der Waals surface area (Å²) < 4.78 is 0. The lowest BCUT2D eigenvalue weighted by Gasteiger charge is -1.98. The van der Waals surface area contributed by atoms with Crippen LogP contribution in [-0.2, 0) is 4.79 Å². The van der Waals surface area contributed by atoms with Gasteiger partial charge < -0.3 is 0 Å². The Morgan fingerprint density at radius 3 is 2.94 bits per heavy atom. The molecular weight excluding hydrogens is 238 g/mol. The third-order valence-corrected chi connectivity index (χ3v) is 2.41. The van der Waals surface area contributed by atoms with Crippen LogP contribution in [0.5, 0.6) is 0 Å². The van der Waals surface area contributed by atoms with E-state index in [0.717, 1.165) is 11.8 Å². The van der Waals surface area contributed by atoms with E-state index in [4.69, 9.17) is 5.84 Å². The highest BCUT2D eigenvalue weighted by Gasteiger charge is 2.03. The van der Waals surface area contributed by atoms with Gasteiger partial charge in [0, 0.05) is 24.9 Å². The van der Waals surface area contributed by atoms with E-state index in [1.54, 1.807) is 12.3 Å². The lowest BCUT2D eigenvalue weighted by Crippen LogP contribution is -2.30. The standard InChI is InChI=1S/C11H11N3O2S/c1-8(15)17-4-2-3-9-5-10(7-13-6-9)11(16)14-12/h5-7H,4,12H2,1H3,(H,14,16). The molecule has 0 saturated carbocycles. The van der Waals surface area contributed by atoms with E-state index in [-0.39, 0.29) is 5.12 Å². The lowest BCUT2D eigenvalue weighted by molar-refractivity contribution is -0.109. The minimum absolute atomic E-state index is 0.0219. The molecule has 0 atom stereocenters. The summed E-state index contributed by atoms with van der Waals surface area (Å²) in [6, 6.07) is 1.58. The Morgan fingerprint density at radius 1 is 1.53 bits per heavy atom. The summed E-state index contributed by atoms with van der Waals surface area (Å²) in [6.45, 7) is 1.49. The molecule has 0 unspecified atom stereocenters. The second-order valence-corrected chi connectivity index (χ2v) is 4.17. The smallest absolute Gasteiger partial charge is 0.266 e. The van der Waals surface area contributed by atoms with Gasteiger partial charge in [-0.25, -0.2) is 5.84 Å². The highest BCUT2D eigenvalue weighted by atomic mass is 32.2. The second kappa shape index (κ2) is 6.68. The molecule has 1 aromatic heterocycles. The molecule has 1 heterocycles. The Hall–Kier alpha value is -1.84. The normalized spacial score (nSPS) is 9.06. The van der Waals surface area contributed by atoms with Crippen LogP contribution in [0.2, 0.25) is 0 Å². The first-order valence-corrected chi connectivity index (χ1v) is 5.70. The van der Waals surface area contributed by atoms with Crippen LogP contribution in [0.3, 0.4) is 0 Å². The number of amides is 1. The van der Waals surface area contributed by atoms with Crippen LogP contribution in [0.4, 0.5) is 0 Å². The van der Waals surface area contributed by atoms with Crippen molar-refractivity contribution >= 4 is 22.8 Å². The average molecular weight is 249 g/mol. The van der Waals surface area contributed by atoms with E-state index in [1.807, 2.05) is 5.43 Å². The fourth-order valence-electron chi connectivity index (χ4n) is 0.992. The number of hydrogen-bond donors (Lipinski definition) is 2. The summed E-state index contributed by atoms with van der Waals surface area (Å²) in [7, 11) is 0. The number of thioether (sulfide) groups is 1. The molecule has 0 fully saturated rings. The second-order valence-electron chi connectivity index (χ2n) is 3.02. The Morgan fingerprint density at radius 2 is 2.29 bits per heavy atom. The van der Waals surface area contributed by atoms with Crippen LogP contribution >= 0.6 is 11.8 Å². The lowest BCUT2D eigenvalue weighted by atomic mass is 10.2. The van der Waals surface area contributed by atoms with Gasteiger partial charge >= 0.3 is 0 Å². The van der Waals surface area contributed by atoms with Crippen molar-refractivity contribution in [2.75, 3.05) is 5.75 Å². The molecule has 0 radical (unpaired) electrons. The summed E-state index contributed by atoms with van der Waals surface area (Å²) in [5.74, 6) is 10.6. The maximum Gasteiger partial charge on any atom is 0.266 e. The van der Waals surface area contributed by atoms with Crippen LogP contribution < -0.4 is 11.3 Å². The Bertz CT molecular complexity index is 491. The minimum atomic E-state index is -0.417. The number of aromatic nitrogens is 1. The van der Waals surface area contributed by atoms with Gasteiger partial charge in [0.15, 0.2) is 5.12 Å². The molecule has 0 spiro atoms. The van der Waals surface area contributed by atoms with Crippen molar-refractivity contribution in [1.29, 1.82) is 0 Å². The zero-order valence-electron chi connectivity index (χ0n) is 9.19. The van der Waals surface area contributed by atoms with E-state index in [9.17, 15) is 9.59 Å². The van der Waals surface area contributed by atoms with Crippen molar-refractivity contribution in [3.8, 4) is 11.8 Å². The summed E-state index contributed by atoms with van der Waals surface area (Å²) >= 11 is 1.13. The quantitative estimate of drug-likeness (QED) is 0.341. The number of nitrogens with two attached hydrogens (primary N) is 1. The fraction of sp³-hybridized carbons (Fsp3) is 0.182. The molecule has 5 nitrogen and oxygen atoms in total. The first-order valence-electron chi connectivity index (χ1n) is 4.71. The molecule has 0 aliphatic carbocycles. The predicted molar refractivity (Wildman–Crippen MR) is 65.9 cm³/mol. The van der Waals surface area contributed by atoms with Crippen LogP contribution in [0.25, 0.3) is 0 Å². The van der Waals surface area contributed by atoms with E-state index in [1.165, 1.54) is 13.1 Å². The number of nitrogen functional groups attached to an aromatic ring is 1. The number of hydrazine groups is 1. The Labute approximate surface area is 103 Å². The first kappa shape index (κ1) is 13.2. The number of hydrogen-bond acceptors (Lipinski definition) is 5. The molecule has 0 aromatic carbocycles. The van der Waals surface area contributed by atoms with Crippen molar-refractivity contribution in [3.05, 3.63) is 29.6 Å². The number of rotatable bonds is 2. The third kappa shape index (κ3) is 4.68. The average Bonchev–Trinajstić information content (AvgIpc) is 2.34. The van der Waals surface area contributed by atoms with Gasteiger partial charge in [-0.3, -0.25) is 20.0 Å². The summed E-state index contributed by atoms with van der Waals surface area (Å²) in [4.78, 5) is 25.7. The number of nitrogens with one attached hydrogen (secondary N) is 1. The van der Waals surface area contributed by atoms with E-state index >= 15 is 0 Å². The maximum absolute atomic E-state index is 11.2. The van der Waals surface area contributed by atoms with Crippen LogP contribution in [0, 0.1) is 11.8 Å². The van der Waals surface area contributed by atoms with Gasteiger partial charge in [0.25, 0.3) is 5.91 Å². The predicted octanol–water partition coefficient (Wildman–Crippen LogP) is 0.316. The summed E-state index contributed by atoms with van der Waals surface area (Å²) in [6.07, 6.45) is 2.94. The van der Waals surface area contributed by atoms with Gasteiger partial charge in [-0.1, -0.05) is 23.6 Å². The third-order valence-electron chi connectivity index (χ3n) is 1.71. The van der Waals surface area contributed by atoms with Gasteiger partial charge in [0.2, 0.25) is 0 Å². The number of carbonyl (C=O) groups excluding carboxylic acids is 2. The van der Waals surface area contributed by atoms with E-state index < -0.39 is 5.91 Å². The van der Waals surface area contributed by atoms with Crippen molar-refractivity contribution < 1.29 is 9.59 Å². The molecule has 88 valence electrons. The molecule has 17 heavy (non-hydrogen) atoms. The molecular formula is C11H11N3O2S. The molecule has 0 aliphatic rings. The van der Waals surface area contributed by atoms with Gasteiger partial charge in [-0.05, 0) is 6.07 Å². The van der Waals surface area contributed by atoms with E-state index in [0.29, 0.717) is 16.9 Å². The van der Waals surface area contributed by atoms with Crippen molar-refractivity contribution in [2.45, 2.75) is 6.92 Å². The first-order chi connectivity index (χ1) is 8.13. The number of pyridine rings is 1. The fourth-order valence-corrected chi connectivity index (χ4v) is 1.34. The SMILES string of the molecule is CC(=O)SCC#Cc1cncc(C(=O)NN)c1. The number of carbonyl (C=O) groups is 2. The Kier molecular flexibility index (Phi) is 5.20. The van der Waals surface area contributed by atoms with Crippen LogP contribution in [-0.4, -0.2) is 21.8 Å². The van der Waals surface area contributed by atoms with Gasteiger partial charge in [-0.2, -0.15) is 0 Å². The van der Waals surface area contributed by atoms with Crippen LogP contribution in [0.1, 0.15) is 22.8 Å². The van der Waals surface area contributed by atoms with E-state index in [2.05, 4.69) is 16.8 Å². The van der Waals surface area contributed by atoms with Crippen molar-refractivity contribution in [3.63, 3.8) is 0 Å². The highest BCUT2D eigenvalue weighted by molar-refractivity contribution is 8.13. The molecule has 0 bridgehead atoms. The highest BCUT2D eigenvalue weighted by Crippen LogP contribution is 2.02. The summed E-state index contributed by atoms with van der Waals surface area (Å²) in [5, 5.41) is 0.0219. The molecule has 0 saturated heterocycles. The zero-order chi connectivity index (χ0) is 12.7. The van der Waals surface area contributed by atoms with Gasteiger partial charge in [0.05, 0.1) is 11.3 Å². The van der Waals surface area contributed by atoms with Crippen molar-refractivity contribution in [1.82, 2.24) is 10.4 Å². The molecule has 0 aliphatic heterocycles.